The predicted molar refractivity (Wildman–Crippen MR) is 129 cm³/mol. The van der Waals surface area contributed by atoms with Crippen LogP contribution >= 0.6 is 11.3 Å². The number of amides is 2. The van der Waals surface area contributed by atoms with Gasteiger partial charge in [-0.3, -0.25) is 14.5 Å². The van der Waals surface area contributed by atoms with E-state index < -0.39 is 0 Å². The van der Waals surface area contributed by atoms with E-state index >= 15 is 0 Å². The van der Waals surface area contributed by atoms with Crippen LogP contribution in [0.15, 0.2) is 60.1 Å². The van der Waals surface area contributed by atoms with Crippen LogP contribution in [-0.2, 0) is 4.79 Å². The van der Waals surface area contributed by atoms with Gasteiger partial charge >= 0.3 is 0 Å². The van der Waals surface area contributed by atoms with Crippen molar-refractivity contribution in [3.05, 3.63) is 65.1 Å². The fourth-order valence-electron chi connectivity index (χ4n) is 4.66. The fraction of sp³-hybridized carbons (Fsp3) is 0.320. The maximum atomic E-state index is 12.9. The molecule has 3 heterocycles. The first-order chi connectivity index (χ1) is 16.1. The zero-order chi connectivity index (χ0) is 22.8. The first kappa shape index (κ1) is 21.6. The van der Waals surface area contributed by atoms with Gasteiger partial charge in [-0.2, -0.15) is 0 Å². The second-order valence-corrected chi connectivity index (χ2v) is 9.17. The van der Waals surface area contributed by atoms with Gasteiger partial charge in [-0.05, 0) is 23.8 Å². The van der Waals surface area contributed by atoms with Crippen molar-refractivity contribution in [2.24, 2.45) is 0 Å². The lowest BCUT2D eigenvalue weighted by atomic mass is 10.0. The van der Waals surface area contributed by atoms with Crippen LogP contribution in [0.25, 0.3) is 11.1 Å². The van der Waals surface area contributed by atoms with Crippen molar-refractivity contribution in [1.82, 2.24) is 14.8 Å². The molecule has 1 aromatic heterocycles. The lowest BCUT2D eigenvalue weighted by Gasteiger charge is -2.37. The molecular weight excluding hydrogens is 436 g/mol. The third-order valence-electron chi connectivity index (χ3n) is 6.41. The van der Waals surface area contributed by atoms with E-state index in [2.05, 4.69) is 16.0 Å². The Bertz CT molecular complexity index is 1140. The monoisotopic (exact) mass is 462 g/mol. The zero-order valence-corrected chi connectivity index (χ0v) is 19.3. The average molecular weight is 463 g/mol. The van der Waals surface area contributed by atoms with Gasteiger partial charge in [0.05, 0.1) is 7.11 Å². The topological polar surface area (TPSA) is 66.0 Å². The summed E-state index contributed by atoms with van der Waals surface area (Å²) >= 11 is 1.38. The molecule has 0 radical (unpaired) electrons. The largest absolute Gasteiger partial charge is 0.496 e. The van der Waals surface area contributed by atoms with Crippen LogP contribution in [-0.4, -0.2) is 72.5 Å². The number of thiazole rings is 1. The van der Waals surface area contributed by atoms with Crippen LogP contribution in [0.3, 0.4) is 0 Å². The predicted octanol–water partition coefficient (Wildman–Crippen LogP) is 3.38. The van der Waals surface area contributed by atoms with Crippen LogP contribution in [0.4, 0.5) is 5.69 Å². The van der Waals surface area contributed by atoms with E-state index in [0.29, 0.717) is 31.1 Å². The summed E-state index contributed by atoms with van der Waals surface area (Å²) in [6.45, 7) is 3.52. The lowest BCUT2D eigenvalue weighted by molar-refractivity contribution is -0.117. The number of nitrogens with zero attached hydrogens (tertiary/aromatic N) is 4. The minimum Gasteiger partial charge on any atom is -0.496 e. The van der Waals surface area contributed by atoms with E-state index in [1.807, 2.05) is 57.6 Å². The first-order valence-corrected chi connectivity index (χ1v) is 12.0. The Kier molecular flexibility index (Phi) is 6.11. The molecule has 33 heavy (non-hydrogen) atoms. The SMILES string of the molecule is COc1ccccc1-c1cccc(N2CC(N3CCN(C(=O)c4nccs4)CC3)CC2=O)c1. The van der Waals surface area contributed by atoms with Crippen LogP contribution in [0.5, 0.6) is 5.75 Å². The summed E-state index contributed by atoms with van der Waals surface area (Å²) in [7, 11) is 1.67. The van der Waals surface area contributed by atoms with Gasteiger partial charge in [0, 0.05) is 68.0 Å². The molecule has 0 N–H and O–H groups in total. The summed E-state index contributed by atoms with van der Waals surface area (Å²) < 4.78 is 5.51. The molecule has 170 valence electrons. The number of piperazine rings is 1. The molecule has 2 aromatic carbocycles. The van der Waals surface area contributed by atoms with Crippen molar-refractivity contribution in [1.29, 1.82) is 0 Å². The van der Waals surface area contributed by atoms with Crippen molar-refractivity contribution in [2.45, 2.75) is 12.5 Å². The molecule has 8 heteroatoms. The molecular formula is C25H26N4O3S. The van der Waals surface area contributed by atoms with Gasteiger partial charge in [0.25, 0.3) is 5.91 Å². The fourth-order valence-corrected chi connectivity index (χ4v) is 5.26. The third kappa shape index (κ3) is 4.36. The molecule has 0 aliphatic carbocycles. The summed E-state index contributed by atoms with van der Waals surface area (Å²) in [4.78, 5) is 35.7. The minimum atomic E-state index is 0.00179. The standard InChI is InChI=1S/C25H26N4O3S/c1-32-22-8-3-2-7-21(22)18-5-4-6-19(15-18)29-17-20(16-23(29)30)27-10-12-28(13-11-27)25(31)24-26-9-14-33-24/h2-9,14-15,20H,10-13,16-17H2,1H3. The van der Waals surface area contributed by atoms with Gasteiger partial charge in [-0.25, -0.2) is 4.98 Å². The van der Waals surface area contributed by atoms with Gasteiger partial charge in [-0.15, -0.1) is 11.3 Å². The number of carbonyl (C=O) groups excluding carboxylic acids is 2. The Balaban J connectivity index is 1.26. The van der Waals surface area contributed by atoms with Crippen molar-refractivity contribution in [3.63, 3.8) is 0 Å². The summed E-state index contributed by atoms with van der Waals surface area (Å²) in [6.07, 6.45) is 2.16. The Labute approximate surface area is 197 Å². The quantitative estimate of drug-likeness (QED) is 0.582. The number of hydrogen-bond acceptors (Lipinski definition) is 6. The highest BCUT2D eigenvalue weighted by Gasteiger charge is 2.36. The van der Waals surface area contributed by atoms with Gasteiger partial charge in [0.2, 0.25) is 5.91 Å². The lowest BCUT2D eigenvalue weighted by Crippen LogP contribution is -2.52. The van der Waals surface area contributed by atoms with Gasteiger partial charge in [0.1, 0.15) is 5.75 Å². The van der Waals surface area contributed by atoms with E-state index in [4.69, 9.17) is 4.74 Å². The Morgan fingerprint density at radius 1 is 1.09 bits per heavy atom. The molecule has 2 amide bonds. The summed E-state index contributed by atoms with van der Waals surface area (Å²) in [5, 5.41) is 2.37. The summed E-state index contributed by atoms with van der Waals surface area (Å²) in [5.74, 6) is 0.950. The Morgan fingerprint density at radius 2 is 1.91 bits per heavy atom. The van der Waals surface area contributed by atoms with Crippen LogP contribution in [0.1, 0.15) is 16.2 Å². The Morgan fingerprint density at radius 3 is 2.67 bits per heavy atom. The summed E-state index contributed by atoms with van der Waals surface area (Å²) in [6, 6.07) is 16.1. The van der Waals surface area contributed by atoms with Crippen LogP contribution < -0.4 is 9.64 Å². The average Bonchev–Trinajstić information content (AvgIpc) is 3.54. The molecule has 0 bridgehead atoms. The third-order valence-corrected chi connectivity index (χ3v) is 7.17. The molecule has 7 nitrogen and oxygen atoms in total. The first-order valence-electron chi connectivity index (χ1n) is 11.1. The molecule has 2 fully saturated rings. The number of anilines is 1. The van der Waals surface area contributed by atoms with Gasteiger partial charge in [0.15, 0.2) is 5.01 Å². The zero-order valence-electron chi connectivity index (χ0n) is 18.5. The molecule has 0 spiro atoms. The molecule has 3 aromatic rings. The second kappa shape index (κ2) is 9.33. The molecule has 2 aliphatic heterocycles. The van der Waals surface area contributed by atoms with Crippen molar-refractivity contribution < 1.29 is 14.3 Å². The molecule has 2 aliphatic rings. The summed E-state index contributed by atoms with van der Waals surface area (Å²) in [5.41, 5.74) is 2.94. The van der Waals surface area contributed by atoms with E-state index in [0.717, 1.165) is 35.7 Å². The minimum absolute atomic E-state index is 0.00179. The van der Waals surface area contributed by atoms with Gasteiger partial charge in [-0.1, -0.05) is 30.3 Å². The molecule has 1 atom stereocenters. The van der Waals surface area contributed by atoms with Gasteiger partial charge < -0.3 is 14.5 Å². The highest BCUT2D eigenvalue weighted by molar-refractivity contribution is 7.11. The number of rotatable bonds is 5. The number of hydrogen-bond donors (Lipinski definition) is 0. The molecule has 5 rings (SSSR count). The van der Waals surface area contributed by atoms with Crippen molar-refractivity contribution in [2.75, 3.05) is 44.7 Å². The second-order valence-electron chi connectivity index (χ2n) is 8.28. The molecule has 0 saturated carbocycles. The van der Waals surface area contributed by atoms with Crippen molar-refractivity contribution in [3.8, 4) is 16.9 Å². The van der Waals surface area contributed by atoms with Crippen molar-refractivity contribution >= 4 is 28.8 Å². The highest BCUT2D eigenvalue weighted by atomic mass is 32.1. The van der Waals surface area contributed by atoms with E-state index in [9.17, 15) is 9.59 Å². The van der Waals surface area contributed by atoms with Crippen LogP contribution in [0, 0.1) is 0 Å². The number of methoxy groups -OCH3 is 1. The van der Waals surface area contributed by atoms with Crippen LogP contribution in [0.2, 0.25) is 0 Å². The molecule has 2 saturated heterocycles. The number of aromatic nitrogens is 1. The smallest absolute Gasteiger partial charge is 0.282 e. The number of para-hydroxylation sites is 1. The number of carbonyl (C=O) groups is 2. The maximum absolute atomic E-state index is 12.9. The molecule has 1 unspecified atom stereocenters. The number of benzene rings is 2. The maximum Gasteiger partial charge on any atom is 0.282 e. The van der Waals surface area contributed by atoms with E-state index in [1.54, 1.807) is 13.3 Å². The number of ether oxygens (including phenoxy) is 1. The van der Waals surface area contributed by atoms with E-state index in [1.165, 1.54) is 11.3 Å². The highest BCUT2D eigenvalue weighted by Crippen LogP contribution is 2.33. The van der Waals surface area contributed by atoms with E-state index in [-0.39, 0.29) is 17.9 Å². The Hall–Kier alpha value is -3.23. The normalized spacial score (nSPS) is 19.2.